The summed E-state index contributed by atoms with van der Waals surface area (Å²) < 4.78 is 5.57. The molecule has 0 atom stereocenters. The number of amides is 1. The van der Waals surface area contributed by atoms with Crippen molar-refractivity contribution in [2.24, 2.45) is 5.41 Å². The van der Waals surface area contributed by atoms with E-state index in [0.717, 1.165) is 8.79 Å². The quantitative estimate of drug-likeness (QED) is 0.635. The number of anilines is 1. The smallest absolute Gasteiger partial charge is 0.320 e. The van der Waals surface area contributed by atoms with Crippen molar-refractivity contribution in [1.82, 2.24) is 0 Å². The molecule has 4 nitrogen and oxygen atoms in total. The second kappa shape index (κ2) is 5.18. The van der Waals surface area contributed by atoms with Crippen molar-refractivity contribution in [3.63, 3.8) is 0 Å². The van der Waals surface area contributed by atoms with Gasteiger partial charge in [-0.05, 0) is 41.9 Å². The lowest BCUT2D eigenvalue weighted by atomic mass is 9.92. The zero-order valence-electron chi connectivity index (χ0n) is 10.1. The number of halogens is 1. The van der Waals surface area contributed by atoms with Gasteiger partial charge in [-0.3, -0.25) is 9.59 Å². The van der Waals surface area contributed by atoms with Gasteiger partial charge in [0.1, 0.15) is 5.41 Å². The Bertz CT molecular complexity index is 442. The van der Waals surface area contributed by atoms with E-state index in [9.17, 15) is 9.59 Å². The van der Waals surface area contributed by atoms with Crippen LogP contribution in [-0.2, 0) is 14.3 Å². The van der Waals surface area contributed by atoms with Crippen LogP contribution in [0.1, 0.15) is 13.8 Å². The van der Waals surface area contributed by atoms with Gasteiger partial charge in [-0.25, -0.2) is 0 Å². The van der Waals surface area contributed by atoms with Crippen molar-refractivity contribution >= 4 is 44.1 Å². The highest BCUT2D eigenvalue weighted by Gasteiger charge is 2.39. The summed E-state index contributed by atoms with van der Waals surface area (Å²) in [5, 5.41) is 0.777. The Hall–Kier alpha value is -0.880. The van der Waals surface area contributed by atoms with Gasteiger partial charge in [0.05, 0.1) is 15.9 Å². The summed E-state index contributed by atoms with van der Waals surface area (Å²) in [7, 11) is 2.92. The van der Waals surface area contributed by atoms with Gasteiger partial charge in [0, 0.05) is 7.05 Å². The molecule has 0 saturated carbocycles. The number of carbonyl (C=O) groups excluding carboxylic acids is 2. The van der Waals surface area contributed by atoms with Crippen molar-refractivity contribution in [2.75, 3.05) is 19.1 Å². The number of hydrogen-bond donors (Lipinski definition) is 0. The normalized spacial score (nSPS) is 11.1. The lowest BCUT2D eigenvalue weighted by molar-refractivity contribution is -0.155. The monoisotopic (exact) mass is 319 g/mol. The Morgan fingerprint density at radius 3 is 2.41 bits per heavy atom. The highest BCUT2D eigenvalue weighted by molar-refractivity contribution is 9.11. The summed E-state index contributed by atoms with van der Waals surface area (Å²) >= 11 is 4.76. The van der Waals surface area contributed by atoms with Crippen molar-refractivity contribution < 1.29 is 14.3 Å². The summed E-state index contributed by atoms with van der Waals surface area (Å²) in [4.78, 5) is 25.2. The largest absolute Gasteiger partial charge is 0.468 e. The van der Waals surface area contributed by atoms with Gasteiger partial charge in [-0.15, -0.1) is 11.3 Å². The summed E-state index contributed by atoms with van der Waals surface area (Å²) in [5.74, 6) is -0.830. The van der Waals surface area contributed by atoms with Gasteiger partial charge < -0.3 is 9.64 Å². The molecule has 0 fully saturated rings. The first kappa shape index (κ1) is 14.2. The molecule has 94 valence electrons. The van der Waals surface area contributed by atoms with Gasteiger partial charge in [0.25, 0.3) is 0 Å². The SMILES string of the molecule is COC(=O)C(C)(C)C(=O)N(C)c1ccc(Br)s1. The van der Waals surface area contributed by atoms with Gasteiger partial charge in [-0.2, -0.15) is 0 Å². The molecule has 1 rings (SSSR count). The van der Waals surface area contributed by atoms with Crippen LogP contribution in [-0.4, -0.2) is 26.0 Å². The third kappa shape index (κ3) is 2.87. The predicted molar refractivity (Wildman–Crippen MR) is 71.2 cm³/mol. The van der Waals surface area contributed by atoms with Crippen LogP contribution in [0.25, 0.3) is 0 Å². The van der Waals surface area contributed by atoms with Crippen LogP contribution < -0.4 is 4.90 Å². The highest BCUT2D eigenvalue weighted by atomic mass is 79.9. The van der Waals surface area contributed by atoms with Gasteiger partial charge in [0.2, 0.25) is 5.91 Å². The molecule has 1 aromatic rings. The van der Waals surface area contributed by atoms with E-state index in [1.807, 2.05) is 12.1 Å². The number of esters is 1. The Morgan fingerprint density at radius 2 is 2.00 bits per heavy atom. The highest BCUT2D eigenvalue weighted by Crippen LogP contribution is 2.32. The number of nitrogens with zero attached hydrogens (tertiary/aromatic N) is 1. The second-order valence-electron chi connectivity index (χ2n) is 4.06. The van der Waals surface area contributed by atoms with Crippen molar-refractivity contribution in [3.8, 4) is 0 Å². The van der Waals surface area contributed by atoms with Crippen LogP contribution in [0.3, 0.4) is 0 Å². The second-order valence-corrected chi connectivity index (χ2v) is 6.50. The number of ether oxygens (including phenoxy) is 1. The molecule has 0 saturated heterocycles. The lowest BCUT2D eigenvalue weighted by Crippen LogP contribution is -2.43. The predicted octanol–water partition coefficient (Wildman–Crippen LogP) is 2.67. The molecular formula is C11H14BrNO3S. The van der Waals surface area contributed by atoms with Gasteiger partial charge in [0.15, 0.2) is 0 Å². The Balaban J connectivity index is 2.94. The zero-order chi connectivity index (χ0) is 13.2. The van der Waals surface area contributed by atoms with Crippen molar-refractivity contribution in [2.45, 2.75) is 13.8 Å². The van der Waals surface area contributed by atoms with Gasteiger partial charge >= 0.3 is 5.97 Å². The molecule has 1 aromatic heterocycles. The van der Waals surface area contributed by atoms with Crippen LogP contribution in [0.4, 0.5) is 5.00 Å². The maximum atomic E-state index is 12.2. The maximum absolute atomic E-state index is 12.2. The van der Waals surface area contributed by atoms with E-state index in [-0.39, 0.29) is 5.91 Å². The van der Waals surface area contributed by atoms with Gasteiger partial charge in [-0.1, -0.05) is 0 Å². The Morgan fingerprint density at radius 1 is 1.41 bits per heavy atom. The Kier molecular flexibility index (Phi) is 4.32. The lowest BCUT2D eigenvalue weighted by Gasteiger charge is -2.26. The average Bonchev–Trinajstić information content (AvgIpc) is 2.72. The average molecular weight is 320 g/mol. The standard InChI is InChI=1S/C11H14BrNO3S/c1-11(2,10(15)16-4)9(14)13(3)8-6-5-7(12)17-8/h5-6H,1-4H3. The summed E-state index contributed by atoms with van der Waals surface area (Å²) in [5.41, 5.74) is -1.18. The minimum Gasteiger partial charge on any atom is -0.468 e. The maximum Gasteiger partial charge on any atom is 0.320 e. The first-order valence-electron chi connectivity index (χ1n) is 4.92. The van der Waals surface area contributed by atoms with Crippen molar-refractivity contribution in [1.29, 1.82) is 0 Å². The zero-order valence-corrected chi connectivity index (χ0v) is 12.5. The van der Waals surface area contributed by atoms with Crippen LogP contribution in [0.5, 0.6) is 0 Å². The number of hydrogen-bond acceptors (Lipinski definition) is 4. The molecule has 0 aliphatic carbocycles. The third-order valence-electron chi connectivity index (χ3n) is 2.42. The molecule has 6 heteroatoms. The topological polar surface area (TPSA) is 46.6 Å². The molecule has 0 bridgehead atoms. The number of methoxy groups -OCH3 is 1. The number of rotatable bonds is 3. The van der Waals surface area contributed by atoms with E-state index in [1.165, 1.54) is 23.3 Å². The molecule has 0 spiro atoms. The summed E-state index contributed by atoms with van der Waals surface area (Å²) in [6.07, 6.45) is 0. The van der Waals surface area contributed by atoms with Crippen LogP contribution >= 0.6 is 27.3 Å². The van der Waals surface area contributed by atoms with E-state index in [0.29, 0.717) is 0 Å². The molecule has 1 amide bonds. The Labute approximate surface area is 113 Å². The minimum absolute atomic E-state index is 0.293. The van der Waals surface area contributed by atoms with E-state index in [1.54, 1.807) is 20.9 Å². The molecule has 0 aliphatic rings. The molecular weight excluding hydrogens is 306 g/mol. The van der Waals surface area contributed by atoms with E-state index in [2.05, 4.69) is 20.7 Å². The molecule has 0 radical (unpaired) electrons. The summed E-state index contributed by atoms with van der Waals surface area (Å²) in [6, 6.07) is 3.68. The molecule has 0 N–H and O–H groups in total. The fraction of sp³-hybridized carbons (Fsp3) is 0.455. The van der Waals surface area contributed by atoms with Crippen LogP contribution in [0.15, 0.2) is 15.9 Å². The molecule has 0 aromatic carbocycles. The number of thiophene rings is 1. The first-order valence-corrected chi connectivity index (χ1v) is 6.53. The fourth-order valence-corrected chi connectivity index (χ4v) is 2.67. The van der Waals surface area contributed by atoms with E-state index < -0.39 is 11.4 Å². The van der Waals surface area contributed by atoms with Crippen molar-refractivity contribution in [3.05, 3.63) is 15.9 Å². The minimum atomic E-state index is -1.18. The molecule has 0 aliphatic heterocycles. The van der Waals surface area contributed by atoms with E-state index in [4.69, 9.17) is 0 Å². The molecule has 17 heavy (non-hydrogen) atoms. The van der Waals surface area contributed by atoms with Crippen LogP contribution in [0.2, 0.25) is 0 Å². The summed E-state index contributed by atoms with van der Waals surface area (Å²) in [6.45, 7) is 3.11. The third-order valence-corrected chi connectivity index (χ3v) is 4.12. The molecule has 1 heterocycles. The first-order chi connectivity index (χ1) is 7.80. The molecule has 0 unspecified atom stereocenters. The van der Waals surface area contributed by atoms with E-state index >= 15 is 0 Å². The number of carbonyl (C=O) groups is 2. The fourth-order valence-electron chi connectivity index (χ4n) is 1.35. The van der Waals surface area contributed by atoms with Crippen LogP contribution in [0, 0.1) is 5.41 Å².